The number of halogens is 1. The van der Waals surface area contributed by atoms with Crippen molar-refractivity contribution in [2.45, 2.75) is 6.42 Å². The van der Waals surface area contributed by atoms with Crippen LogP contribution in [0.4, 0.5) is 4.39 Å². The molecule has 0 unspecified atom stereocenters. The Morgan fingerprint density at radius 1 is 1.28 bits per heavy atom. The summed E-state index contributed by atoms with van der Waals surface area (Å²) in [7, 11) is 2.43. The van der Waals surface area contributed by atoms with Crippen LogP contribution < -0.4 is 0 Å². The van der Waals surface area contributed by atoms with E-state index in [0.717, 1.165) is 0 Å². The minimum absolute atomic E-state index is 0.106. The van der Waals surface area contributed by atoms with E-state index in [9.17, 15) is 14.0 Å². The number of rotatable bonds is 4. The Morgan fingerprint density at radius 2 is 2.00 bits per heavy atom. The standard InChI is InChI=1S/C13H13FO4/c1-17-12(15)8-10(13(16)18-2)6-9-4-3-5-11(14)7-9/h3-7H,8H2,1-2H3/b10-6-. The Kier molecular flexibility index (Phi) is 5.05. The Balaban J connectivity index is 3.02. The Morgan fingerprint density at radius 3 is 2.56 bits per heavy atom. The van der Waals surface area contributed by atoms with Crippen molar-refractivity contribution >= 4 is 18.0 Å². The zero-order valence-electron chi connectivity index (χ0n) is 10.1. The van der Waals surface area contributed by atoms with Gasteiger partial charge in [-0.25, -0.2) is 9.18 Å². The molecular formula is C13H13FO4. The van der Waals surface area contributed by atoms with E-state index >= 15 is 0 Å². The summed E-state index contributed by atoms with van der Waals surface area (Å²) in [5.74, 6) is -1.64. The van der Waals surface area contributed by atoms with Crippen molar-refractivity contribution in [3.63, 3.8) is 0 Å². The molecule has 0 bridgehead atoms. The maximum atomic E-state index is 13.0. The molecule has 1 aromatic carbocycles. The summed E-state index contributed by atoms with van der Waals surface area (Å²) in [4.78, 5) is 22.6. The van der Waals surface area contributed by atoms with Crippen molar-refractivity contribution in [3.05, 3.63) is 41.2 Å². The molecule has 1 aromatic rings. The van der Waals surface area contributed by atoms with Crippen molar-refractivity contribution in [2.24, 2.45) is 0 Å². The fourth-order valence-electron chi connectivity index (χ4n) is 1.34. The first-order valence-corrected chi connectivity index (χ1v) is 5.18. The minimum atomic E-state index is -0.648. The third-order valence-electron chi connectivity index (χ3n) is 2.20. The smallest absolute Gasteiger partial charge is 0.334 e. The van der Waals surface area contributed by atoms with Crippen molar-refractivity contribution < 1.29 is 23.5 Å². The summed E-state index contributed by atoms with van der Waals surface area (Å²) in [5.41, 5.74) is 0.578. The predicted molar refractivity (Wildman–Crippen MR) is 63.0 cm³/mol. The van der Waals surface area contributed by atoms with Crippen LogP contribution in [0.1, 0.15) is 12.0 Å². The van der Waals surface area contributed by atoms with Gasteiger partial charge in [-0.1, -0.05) is 12.1 Å². The second-order valence-electron chi connectivity index (χ2n) is 3.47. The monoisotopic (exact) mass is 252 g/mol. The lowest BCUT2D eigenvalue weighted by atomic mass is 10.1. The summed E-state index contributed by atoms with van der Waals surface area (Å²) >= 11 is 0. The van der Waals surface area contributed by atoms with E-state index in [1.807, 2.05) is 0 Å². The molecule has 0 heterocycles. The van der Waals surface area contributed by atoms with Gasteiger partial charge in [-0.05, 0) is 23.8 Å². The average molecular weight is 252 g/mol. The van der Waals surface area contributed by atoms with Crippen LogP contribution in [-0.2, 0) is 19.1 Å². The van der Waals surface area contributed by atoms with Crippen LogP contribution in [0.15, 0.2) is 29.8 Å². The molecule has 0 aliphatic heterocycles. The topological polar surface area (TPSA) is 52.6 Å². The van der Waals surface area contributed by atoms with Crippen LogP contribution in [0.2, 0.25) is 0 Å². The molecule has 0 radical (unpaired) electrons. The molecule has 0 spiro atoms. The molecule has 96 valence electrons. The van der Waals surface area contributed by atoms with Gasteiger partial charge in [0, 0.05) is 5.57 Å². The highest BCUT2D eigenvalue weighted by Gasteiger charge is 2.14. The number of esters is 2. The summed E-state index contributed by atoms with van der Waals surface area (Å²) in [6.07, 6.45) is 1.17. The fraction of sp³-hybridized carbons (Fsp3) is 0.231. The second kappa shape index (κ2) is 6.54. The fourth-order valence-corrected chi connectivity index (χ4v) is 1.34. The van der Waals surface area contributed by atoms with Crippen LogP contribution in [0.5, 0.6) is 0 Å². The Bertz CT molecular complexity index is 480. The molecular weight excluding hydrogens is 239 g/mol. The third-order valence-corrected chi connectivity index (χ3v) is 2.20. The van der Waals surface area contributed by atoms with Gasteiger partial charge in [-0.2, -0.15) is 0 Å². The summed E-state index contributed by atoms with van der Waals surface area (Å²) in [6, 6.07) is 5.66. The first-order valence-electron chi connectivity index (χ1n) is 5.18. The van der Waals surface area contributed by atoms with Crippen LogP contribution in [-0.4, -0.2) is 26.2 Å². The Hall–Kier alpha value is -2.17. The number of carbonyl (C=O) groups is 2. The molecule has 0 aliphatic rings. The van der Waals surface area contributed by atoms with E-state index < -0.39 is 17.8 Å². The third kappa shape index (κ3) is 4.01. The lowest BCUT2D eigenvalue weighted by molar-refractivity contribution is -0.143. The van der Waals surface area contributed by atoms with Crippen LogP contribution in [0.25, 0.3) is 6.08 Å². The number of benzene rings is 1. The number of hydrogen-bond donors (Lipinski definition) is 0. The molecule has 0 amide bonds. The zero-order chi connectivity index (χ0) is 13.5. The second-order valence-corrected chi connectivity index (χ2v) is 3.47. The van der Waals surface area contributed by atoms with Gasteiger partial charge >= 0.3 is 11.9 Å². The van der Waals surface area contributed by atoms with Gasteiger partial charge in [0.05, 0.1) is 20.6 Å². The van der Waals surface area contributed by atoms with E-state index in [0.29, 0.717) is 5.56 Å². The number of ether oxygens (including phenoxy) is 2. The molecule has 0 aromatic heterocycles. The van der Waals surface area contributed by atoms with Gasteiger partial charge in [-0.15, -0.1) is 0 Å². The first kappa shape index (κ1) is 13.9. The SMILES string of the molecule is COC(=O)C/C(=C/c1cccc(F)c1)C(=O)OC. The van der Waals surface area contributed by atoms with Crippen molar-refractivity contribution in [2.75, 3.05) is 14.2 Å². The quantitative estimate of drug-likeness (QED) is 0.607. The highest BCUT2D eigenvalue weighted by atomic mass is 19.1. The largest absolute Gasteiger partial charge is 0.469 e. The van der Waals surface area contributed by atoms with Crippen molar-refractivity contribution in [1.29, 1.82) is 0 Å². The average Bonchev–Trinajstić information content (AvgIpc) is 2.36. The number of methoxy groups -OCH3 is 2. The van der Waals surface area contributed by atoms with Crippen LogP contribution in [0.3, 0.4) is 0 Å². The van der Waals surface area contributed by atoms with Gasteiger partial charge in [0.2, 0.25) is 0 Å². The molecule has 4 nitrogen and oxygen atoms in total. The summed E-state index contributed by atoms with van der Waals surface area (Å²) in [6.45, 7) is 0. The normalized spacial score (nSPS) is 10.9. The van der Waals surface area contributed by atoms with Gasteiger partial charge in [0.25, 0.3) is 0 Å². The molecule has 0 N–H and O–H groups in total. The highest BCUT2D eigenvalue weighted by Crippen LogP contribution is 2.13. The molecule has 18 heavy (non-hydrogen) atoms. The molecule has 0 saturated carbocycles. The van der Waals surface area contributed by atoms with Gasteiger partial charge in [-0.3, -0.25) is 4.79 Å². The zero-order valence-corrected chi connectivity index (χ0v) is 10.1. The summed E-state index contributed by atoms with van der Waals surface area (Å²) in [5, 5.41) is 0. The number of carbonyl (C=O) groups excluding carboxylic acids is 2. The van der Waals surface area contributed by atoms with Gasteiger partial charge in [0.15, 0.2) is 0 Å². The van der Waals surface area contributed by atoms with E-state index in [-0.39, 0.29) is 12.0 Å². The molecule has 1 rings (SSSR count). The van der Waals surface area contributed by atoms with E-state index in [2.05, 4.69) is 9.47 Å². The van der Waals surface area contributed by atoms with Gasteiger partial charge < -0.3 is 9.47 Å². The lowest BCUT2D eigenvalue weighted by Gasteiger charge is -2.04. The van der Waals surface area contributed by atoms with E-state index in [1.165, 1.54) is 38.5 Å². The molecule has 5 heteroatoms. The highest BCUT2D eigenvalue weighted by molar-refractivity contribution is 5.98. The maximum absolute atomic E-state index is 13.0. The number of hydrogen-bond acceptors (Lipinski definition) is 4. The first-order chi connectivity index (χ1) is 8.56. The van der Waals surface area contributed by atoms with E-state index in [4.69, 9.17) is 0 Å². The van der Waals surface area contributed by atoms with Gasteiger partial charge in [0.1, 0.15) is 5.82 Å². The lowest BCUT2D eigenvalue weighted by Crippen LogP contribution is -2.10. The Labute approximate surface area is 104 Å². The summed E-state index contributed by atoms with van der Waals surface area (Å²) < 4.78 is 22.0. The molecule has 0 saturated heterocycles. The van der Waals surface area contributed by atoms with Crippen molar-refractivity contribution in [3.8, 4) is 0 Å². The molecule has 0 aliphatic carbocycles. The minimum Gasteiger partial charge on any atom is -0.469 e. The van der Waals surface area contributed by atoms with Crippen LogP contribution in [0, 0.1) is 5.82 Å². The molecule has 0 atom stereocenters. The van der Waals surface area contributed by atoms with Crippen molar-refractivity contribution in [1.82, 2.24) is 0 Å². The van der Waals surface area contributed by atoms with Crippen LogP contribution >= 0.6 is 0 Å². The molecule has 0 fully saturated rings. The maximum Gasteiger partial charge on any atom is 0.334 e. The van der Waals surface area contributed by atoms with E-state index in [1.54, 1.807) is 6.07 Å². The predicted octanol–water partition coefficient (Wildman–Crippen LogP) is 1.95.